The highest BCUT2D eigenvalue weighted by Crippen LogP contribution is 2.26. The van der Waals surface area contributed by atoms with Crippen LogP contribution in [0.3, 0.4) is 0 Å². The number of aromatic nitrogens is 2. The number of hydrogen-bond acceptors (Lipinski definition) is 4. The normalized spacial score (nSPS) is 15.0. The summed E-state index contributed by atoms with van der Waals surface area (Å²) >= 11 is 5.95. The maximum Gasteiger partial charge on any atom is 0.332 e. The first-order valence-electron chi connectivity index (χ1n) is 8.56. The summed E-state index contributed by atoms with van der Waals surface area (Å²) in [4.78, 5) is 38.4. The largest absolute Gasteiger partial charge is 0.358 e. The van der Waals surface area contributed by atoms with Crippen molar-refractivity contribution in [2.45, 2.75) is 12.8 Å². The molecule has 7 nitrogen and oxygen atoms in total. The SMILES string of the molecule is Cn1c(N2CCC(C(=O)Nc3ccc(F)cc3Cl)CC2)cc(=O)n(C)c1=O. The van der Waals surface area contributed by atoms with Gasteiger partial charge in [-0.05, 0) is 31.0 Å². The molecular formula is C18H20ClFN4O3. The smallest absolute Gasteiger partial charge is 0.332 e. The maximum atomic E-state index is 13.1. The zero-order valence-electron chi connectivity index (χ0n) is 15.0. The second-order valence-corrected chi connectivity index (χ2v) is 7.02. The third-order valence-corrected chi connectivity index (χ3v) is 5.19. The van der Waals surface area contributed by atoms with Crippen LogP contribution in [-0.4, -0.2) is 28.1 Å². The van der Waals surface area contributed by atoms with Crippen LogP contribution >= 0.6 is 11.6 Å². The van der Waals surface area contributed by atoms with E-state index < -0.39 is 5.82 Å². The minimum atomic E-state index is -0.467. The van der Waals surface area contributed by atoms with E-state index in [1.54, 1.807) is 7.05 Å². The summed E-state index contributed by atoms with van der Waals surface area (Å²) < 4.78 is 15.6. The number of halogens is 2. The van der Waals surface area contributed by atoms with Crippen LogP contribution in [0.25, 0.3) is 0 Å². The van der Waals surface area contributed by atoms with E-state index in [1.807, 2.05) is 4.90 Å². The van der Waals surface area contributed by atoms with Crippen molar-refractivity contribution in [3.8, 4) is 0 Å². The second kappa shape index (κ2) is 7.56. The Morgan fingerprint density at radius 3 is 2.44 bits per heavy atom. The van der Waals surface area contributed by atoms with Crippen molar-refractivity contribution in [1.82, 2.24) is 9.13 Å². The van der Waals surface area contributed by atoms with Gasteiger partial charge in [-0.3, -0.25) is 18.7 Å². The molecule has 0 radical (unpaired) electrons. The highest BCUT2D eigenvalue weighted by Gasteiger charge is 2.27. The molecule has 1 amide bonds. The molecule has 27 heavy (non-hydrogen) atoms. The number of piperidine rings is 1. The lowest BCUT2D eigenvalue weighted by Gasteiger charge is -2.33. The van der Waals surface area contributed by atoms with Crippen molar-refractivity contribution in [2.24, 2.45) is 20.0 Å². The van der Waals surface area contributed by atoms with Gasteiger partial charge in [0.25, 0.3) is 5.56 Å². The molecule has 9 heteroatoms. The van der Waals surface area contributed by atoms with E-state index in [9.17, 15) is 18.8 Å². The molecule has 0 unspecified atom stereocenters. The van der Waals surface area contributed by atoms with Crippen molar-refractivity contribution in [1.29, 1.82) is 0 Å². The average molecular weight is 395 g/mol. The maximum absolute atomic E-state index is 13.1. The molecule has 1 fully saturated rings. The van der Waals surface area contributed by atoms with Crippen molar-refractivity contribution >= 4 is 29.0 Å². The van der Waals surface area contributed by atoms with Crippen LogP contribution < -0.4 is 21.5 Å². The van der Waals surface area contributed by atoms with E-state index in [0.29, 0.717) is 37.4 Å². The predicted octanol–water partition coefficient (Wildman–Crippen LogP) is 1.73. The molecule has 0 saturated carbocycles. The summed E-state index contributed by atoms with van der Waals surface area (Å²) in [5, 5.41) is 2.88. The van der Waals surface area contributed by atoms with Crippen molar-refractivity contribution < 1.29 is 9.18 Å². The van der Waals surface area contributed by atoms with E-state index in [1.165, 1.54) is 29.8 Å². The highest BCUT2D eigenvalue weighted by molar-refractivity contribution is 6.33. The number of nitrogens with one attached hydrogen (secondary N) is 1. The molecule has 1 saturated heterocycles. The zero-order valence-corrected chi connectivity index (χ0v) is 15.8. The minimum Gasteiger partial charge on any atom is -0.358 e. The first-order chi connectivity index (χ1) is 12.8. The number of rotatable bonds is 3. The molecule has 144 valence electrons. The molecule has 0 bridgehead atoms. The van der Waals surface area contributed by atoms with Crippen molar-refractivity contribution in [2.75, 3.05) is 23.3 Å². The lowest BCUT2D eigenvalue weighted by Crippen LogP contribution is -2.44. The summed E-state index contributed by atoms with van der Waals surface area (Å²) in [7, 11) is 3.05. The Hall–Kier alpha value is -2.61. The summed E-state index contributed by atoms with van der Waals surface area (Å²) in [6.45, 7) is 1.07. The first kappa shape index (κ1) is 19.2. The number of benzene rings is 1. The van der Waals surface area contributed by atoms with Gasteiger partial charge in [-0.2, -0.15) is 0 Å². The Kier molecular flexibility index (Phi) is 5.36. The number of amides is 1. The van der Waals surface area contributed by atoms with E-state index >= 15 is 0 Å². The topological polar surface area (TPSA) is 76.3 Å². The number of hydrogen-bond donors (Lipinski definition) is 1. The number of carbonyl (C=O) groups is 1. The molecule has 3 rings (SSSR count). The molecule has 1 aliphatic heterocycles. The van der Waals surface area contributed by atoms with Crippen LogP contribution in [0.5, 0.6) is 0 Å². The third kappa shape index (κ3) is 3.90. The van der Waals surface area contributed by atoms with Gasteiger partial charge in [-0.1, -0.05) is 11.6 Å². The van der Waals surface area contributed by atoms with Crippen molar-refractivity contribution in [3.05, 3.63) is 55.9 Å². The molecule has 1 aliphatic rings. The number of nitrogens with zero attached hydrogens (tertiary/aromatic N) is 3. The van der Waals surface area contributed by atoms with Gasteiger partial charge in [0.05, 0.1) is 10.7 Å². The lowest BCUT2D eigenvalue weighted by atomic mass is 9.95. The average Bonchev–Trinajstić information content (AvgIpc) is 2.65. The van der Waals surface area contributed by atoms with Gasteiger partial charge in [0.2, 0.25) is 5.91 Å². The Balaban J connectivity index is 1.68. The fourth-order valence-corrected chi connectivity index (χ4v) is 3.44. The van der Waals surface area contributed by atoms with Crippen LogP contribution in [0.4, 0.5) is 15.9 Å². The van der Waals surface area contributed by atoms with Crippen LogP contribution in [0.1, 0.15) is 12.8 Å². The van der Waals surface area contributed by atoms with Crippen LogP contribution in [0, 0.1) is 11.7 Å². The van der Waals surface area contributed by atoms with Gasteiger partial charge in [0.1, 0.15) is 11.6 Å². The van der Waals surface area contributed by atoms with Crippen LogP contribution in [0.2, 0.25) is 5.02 Å². The molecule has 1 aromatic carbocycles. The van der Waals surface area contributed by atoms with Crippen LogP contribution in [-0.2, 0) is 18.9 Å². The highest BCUT2D eigenvalue weighted by atomic mass is 35.5. The van der Waals surface area contributed by atoms with Crippen LogP contribution in [0.15, 0.2) is 33.9 Å². The molecular weight excluding hydrogens is 375 g/mol. The van der Waals surface area contributed by atoms with Gasteiger partial charge in [-0.25, -0.2) is 9.18 Å². The zero-order chi connectivity index (χ0) is 19.7. The fraction of sp³-hybridized carbons (Fsp3) is 0.389. The quantitative estimate of drug-likeness (QED) is 0.860. The molecule has 2 aromatic rings. The van der Waals surface area contributed by atoms with Gasteiger partial charge in [-0.15, -0.1) is 0 Å². The lowest BCUT2D eigenvalue weighted by molar-refractivity contribution is -0.120. The number of carbonyl (C=O) groups excluding carboxylic acids is 1. The van der Waals surface area contributed by atoms with Crippen molar-refractivity contribution in [3.63, 3.8) is 0 Å². The van der Waals surface area contributed by atoms with Gasteiger partial charge >= 0.3 is 5.69 Å². The second-order valence-electron chi connectivity index (χ2n) is 6.62. The monoisotopic (exact) mass is 394 g/mol. The Labute approximate surface area is 160 Å². The molecule has 0 aliphatic carbocycles. The third-order valence-electron chi connectivity index (χ3n) is 4.88. The molecule has 2 heterocycles. The Morgan fingerprint density at radius 2 is 1.81 bits per heavy atom. The molecule has 1 N–H and O–H groups in total. The Bertz CT molecular complexity index is 993. The predicted molar refractivity (Wildman–Crippen MR) is 102 cm³/mol. The summed E-state index contributed by atoms with van der Waals surface area (Å²) in [6, 6.07) is 5.25. The molecule has 0 atom stereocenters. The summed E-state index contributed by atoms with van der Waals surface area (Å²) in [5.74, 6) is -0.332. The first-order valence-corrected chi connectivity index (χ1v) is 8.93. The van der Waals surface area contributed by atoms with Gasteiger partial charge in [0.15, 0.2) is 0 Å². The van der Waals surface area contributed by atoms with E-state index in [0.717, 1.165) is 10.6 Å². The standard InChI is InChI=1S/C18H20ClFN4O3/c1-22-15(10-16(25)23(2)18(22)27)24-7-5-11(6-8-24)17(26)21-14-4-3-12(20)9-13(14)19/h3-4,9-11H,5-8H2,1-2H3,(H,21,26). The van der Waals surface area contributed by atoms with E-state index in [2.05, 4.69) is 5.32 Å². The van der Waals surface area contributed by atoms with Gasteiger partial charge < -0.3 is 10.2 Å². The summed E-state index contributed by atoms with van der Waals surface area (Å²) in [5.41, 5.74) is -0.373. The van der Waals surface area contributed by atoms with Gasteiger partial charge in [0, 0.05) is 39.2 Å². The fourth-order valence-electron chi connectivity index (χ4n) is 3.22. The Morgan fingerprint density at radius 1 is 1.15 bits per heavy atom. The number of anilines is 2. The van der Waals surface area contributed by atoms with E-state index in [-0.39, 0.29) is 28.1 Å². The summed E-state index contributed by atoms with van der Waals surface area (Å²) in [6.07, 6.45) is 1.13. The van der Waals surface area contributed by atoms with E-state index in [4.69, 9.17) is 11.6 Å². The molecule has 1 aromatic heterocycles. The molecule has 0 spiro atoms. The minimum absolute atomic E-state index is 0.149.